The number of nitrogens with zero attached hydrogens (tertiary/aromatic N) is 1. The van der Waals surface area contributed by atoms with Crippen LogP contribution in [-0.2, 0) is 19.1 Å². The molecule has 0 radical (unpaired) electrons. The Labute approximate surface area is 78.8 Å². The zero-order valence-corrected chi connectivity index (χ0v) is 8.93. The van der Waals surface area contributed by atoms with Gasteiger partial charge in [0.15, 0.2) is 5.75 Å². The van der Waals surface area contributed by atoms with E-state index in [1.54, 1.807) is 13.8 Å². The summed E-state index contributed by atoms with van der Waals surface area (Å²) < 4.78 is 25.9. The molecule has 78 valence electrons. The monoisotopic (exact) mass is 209 g/mol. The van der Waals surface area contributed by atoms with Crippen LogP contribution in [-0.4, -0.2) is 45.2 Å². The second kappa shape index (κ2) is 5.18. The average Bonchev–Trinajstić information content (AvgIpc) is 2.06. The molecule has 5 nitrogen and oxygen atoms in total. The van der Waals surface area contributed by atoms with Crippen molar-refractivity contribution in [1.82, 2.24) is 4.90 Å². The third kappa shape index (κ3) is 4.23. The first kappa shape index (κ1) is 12.4. The van der Waals surface area contributed by atoms with E-state index in [0.29, 0.717) is 13.1 Å². The quantitative estimate of drug-likeness (QED) is 0.590. The Morgan fingerprint density at radius 1 is 1.31 bits per heavy atom. The smallest absolute Gasteiger partial charge is 0.276 e. The third-order valence-electron chi connectivity index (χ3n) is 1.67. The summed E-state index contributed by atoms with van der Waals surface area (Å²) in [5, 5.41) is 0. The van der Waals surface area contributed by atoms with Crippen molar-refractivity contribution < 1.29 is 17.4 Å². The second-order valence-corrected chi connectivity index (χ2v) is 4.17. The molecule has 0 bridgehead atoms. The number of amides is 1. The Balaban J connectivity index is 4.30. The van der Waals surface area contributed by atoms with Crippen molar-refractivity contribution in [2.75, 3.05) is 26.0 Å². The van der Waals surface area contributed by atoms with E-state index in [0.717, 1.165) is 7.11 Å². The van der Waals surface area contributed by atoms with Crippen LogP contribution in [0.4, 0.5) is 0 Å². The fourth-order valence-electron chi connectivity index (χ4n) is 0.878. The van der Waals surface area contributed by atoms with Gasteiger partial charge >= 0.3 is 0 Å². The maximum Gasteiger partial charge on any atom is 0.276 e. The van der Waals surface area contributed by atoms with Crippen molar-refractivity contribution in [3.8, 4) is 0 Å². The molecule has 0 spiro atoms. The maximum absolute atomic E-state index is 11.2. The fourth-order valence-corrected chi connectivity index (χ4v) is 1.48. The Kier molecular flexibility index (Phi) is 4.94. The molecular weight excluding hydrogens is 194 g/mol. The third-order valence-corrected chi connectivity index (χ3v) is 2.78. The lowest BCUT2D eigenvalue weighted by atomic mass is 10.5. The van der Waals surface area contributed by atoms with Gasteiger partial charge in [-0.15, -0.1) is 0 Å². The van der Waals surface area contributed by atoms with E-state index < -0.39 is 21.8 Å². The van der Waals surface area contributed by atoms with Crippen LogP contribution in [0.3, 0.4) is 0 Å². The second-order valence-electron chi connectivity index (χ2n) is 2.43. The summed E-state index contributed by atoms with van der Waals surface area (Å²) in [7, 11) is -2.63. The molecule has 0 aliphatic rings. The van der Waals surface area contributed by atoms with Gasteiger partial charge in [-0.25, -0.2) is 0 Å². The predicted octanol–water partition coefficient (Wildman–Crippen LogP) is -0.169. The Morgan fingerprint density at radius 2 is 1.77 bits per heavy atom. The number of carbonyl (C=O) groups excluding carboxylic acids is 1. The lowest BCUT2D eigenvalue weighted by Crippen LogP contribution is -2.35. The van der Waals surface area contributed by atoms with E-state index in [2.05, 4.69) is 4.18 Å². The molecule has 0 aromatic carbocycles. The van der Waals surface area contributed by atoms with Gasteiger partial charge in [0, 0.05) is 13.1 Å². The first-order valence-electron chi connectivity index (χ1n) is 4.02. The molecule has 0 N–H and O–H groups in total. The predicted molar refractivity (Wildman–Crippen MR) is 48.7 cm³/mol. The highest BCUT2D eigenvalue weighted by atomic mass is 32.2. The number of rotatable bonds is 5. The van der Waals surface area contributed by atoms with Crippen LogP contribution in [0.5, 0.6) is 0 Å². The molecule has 0 unspecified atom stereocenters. The van der Waals surface area contributed by atoms with E-state index in [1.807, 2.05) is 0 Å². The first-order chi connectivity index (χ1) is 5.96. The van der Waals surface area contributed by atoms with E-state index in [9.17, 15) is 13.2 Å². The van der Waals surface area contributed by atoms with Crippen LogP contribution in [0.25, 0.3) is 0 Å². The van der Waals surface area contributed by atoms with Gasteiger partial charge < -0.3 is 4.90 Å². The summed E-state index contributed by atoms with van der Waals surface area (Å²) in [5.74, 6) is -1.00. The minimum Gasteiger partial charge on any atom is -0.342 e. The molecule has 0 saturated carbocycles. The average molecular weight is 209 g/mol. The summed E-state index contributed by atoms with van der Waals surface area (Å²) in [6.45, 7) is 4.60. The van der Waals surface area contributed by atoms with E-state index in [1.165, 1.54) is 4.90 Å². The largest absolute Gasteiger partial charge is 0.342 e. The highest BCUT2D eigenvalue weighted by molar-refractivity contribution is 7.87. The summed E-state index contributed by atoms with van der Waals surface area (Å²) >= 11 is 0. The van der Waals surface area contributed by atoms with Crippen molar-refractivity contribution in [2.45, 2.75) is 13.8 Å². The van der Waals surface area contributed by atoms with Crippen LogP contribution in [0.1, 0.15) is 13.8 Å². The van der Waals surface area contributed by atoms with Crippen molar-refractivity contribution in [2.24, 2.45) is 0 Å². The molecule has 0 fully saturated rings. The van der Waals surface area contributed by atoms with Gasteiger partial charge in [-0.1, -0.05) is 0 Å². The highest BCUT2D eigenvalue weighted by Crippen LogP contribution is 1.96. The molecular formula is C7H15NO4S. The van der Waals surface area contributed by atoms with Crippen molar-refractivity contribution in [3.05, 3.63) is 0 Å². The maximum atomic E-state index is 11.2. The van der Waals surface area contributed by atoms with Gasteiger partial charge in [0.25, 0.3) is 10.1 Å². The highest BCUT2D eigenvalue weighted by Gasteiger charge is 2.19. The van der Waals surface area contributed by atoms with Gasteiger partial charge in [-0.2, -0.15) is 8.42 Å². The summed E-state index contributed by atoms with van der Waals surface area (Å²) in [6, 6.07) is 0. The molecule has 0 heterocycles. The molecule has 13 heavy (non-hydrogen) atoms. The molecule has 0 aliphatic heterocycles. The standard InChI is InChI=1S/C7H15NO4S/c1-4-8(5-2)7(9)6-13(10,11)12-3/h4-6H2,1-3H3. The molecule has 1 amide bonds. The topological polar surface area (TPSA) is 63.7 Å². The lowest BCUT2D eigenvalue weighted by molar-refractivity contribution is -0.128. The summed E-state index contributed by atoms with van der Waals surface area (Å²) in [4.78, 5) is 12.7. The zero-order chi connectivity index (χ0) is 10.5. The van der Waals surface area contributed by atoms with Gasteiger partial charge in [0.05, 0.1) is 7.11 Å². The molecule has 0 rings (SSSR count). The minimum absolute atomic E-state index is 0.424. The van der Waals surface area contributed by atoms with Crippen molar-refractivity contribution in [1.29, 1.82) is 0 Å². The Hall–Kier alpha value is -0.620. The van der Waals surface area contributed by atoms with Crippen molar-refractivity contribution >= 4 is 16.0 Å². The Morgan fingerprint density at radius 3 is 2.08 bits per heavy atom. The normalized spacial score (nSPS) is 11.3. The molecule has 0 aliphatic carbocycles. The van der Waals surface area contributed by atoms with E-state index >= 15 is 0 Å². The van der Waals surface area contributed by atoms with Gasteiger partial charge in [-0.05, 0) is 13.8 Å². The number of hydrogen-bond acceptors (Lipinski definition) is 4. The van der Waals surface area contributed by atoms with Crippen LogP contribution >= 0.6 is 0 Å². The molecule has 0 atom stereocenters. The molecule has 0 saturated heterocycles. The van der Waals surface area contributed by atoms with E-state index in [4.69, 9.17) is 0 Å². The fraction of sp³-hybridized carbons (Fsp3) is 0.857. The summed E-state index contributed by atoms with van der Waals surface area (Å²) in [6.07, 6.45) is 0. The SMILES string of the molecule is CCN(CC)C(=O)CS(=O)(=O)OC. The zero-order valence-electron chi connectivity index (χ0n) is 8.11. The van der Waals surface area contributed by atoms with Gasteiger partial charge in [0.1, 0.15) is 0 Å². The first-order valence-corrected chi connectivity index (χ1v) is 5.60. The molecule has 0 aromatic heterocycles. The van der Waals surface area contributed by atoms with Crippen LogP contribution in [0.2, 0.25) is 0 Å². The van der Waals surface area contributed by atoms with Gasteiger partial charge in [-0.3, -0.25) is 8.98 Å². The molecule has 6 heteroatoms. The van der Waals surface area contributed by atoms with E-state index in [-0.39, 0.29) is 0 Å². The number of hydrogen-bond donors (Lipinski definition) is 0. The number of carbonyl (C=O) groups is 1. The lowest BCUT2D eigenvalue weighted by Gasteiger charge is -2.17. The van der Waals surface area contributed by atoms with Gasteiger partial charge in [0.2, 0.25) is 5.91 Å². The molecule has 0 aromatic rings. The van der Waals surface area contributed by atoms with Crippen LogP contribution < -0.4 is 0 Å². The van der Waals surface area contributed by atoms with Crippen molar-refractivity contribution in [3.63, 3.8) is 0 Å². The van der Waals surface area contributed by atoms with Crippen LogP contribution in [0.15, 0.2) is 0 Å². The minimum atomic E-state index is -3.68. The summed E-state index contributed by atoms with van der Waals surface area (Å²) in [5.41, 5.74) is 0. The Bertz CT molecular complexity index is 256. The van der Waals surface area contributed by atoms with Crippen LogP contribution in [0, 0.1) is 0 Å².